The van der Waals surface area contributed by atoms with Gasteiger partial charge in [-0.25, -0.2) is 4.79 Å². The van der Waals surface area contributed by atoms with E-state index in [1.165, 1.54) is 6.92 Å². The standard InChI is InChI=1S/C27H34N2O4/c1-5-8-12-24-28-27(6-2,7-3)26(32)29(24)18-20-13-15-21(16-14-20)22-10-9-11-23(17-22)33-19(4)25(30)31/h9-11,13-17,19H,5-8,12,18H2,1-4H3,(H,30,31). The second-order valence-electron chi connectivity index (χ2n) is 8.58. The Hall–Kier alpha value is -3.15. The summed E-state index contributed by atoms with van der Waals surface area (Å²) in [5, 5.41) is 9.06. The average Bonchev–Trinajstić information content (AvgIpc) is 3.09. The quantitative estimate of drug-likeness (QED) is 0.477. The van der Waals surface area contributed by atoms with E-state index >= 15 is 0 Å². The first-order valence-electron chi connectivity index (χ1n) is 11.8. The van der Waals surface area contributed by atoms with Gasteiger partial charge in [0.05, 0.1) is 6.54 Å². The zero-order valence-electron chi connectivity index (χ0n) is 20.0. The summed E-state index contributed by atoms with van der Waals surface area (Å²) in [7, 11) is 0. The number of benzene rings is 2. The number of hydrogen-bond acceptors (Lipinski definition) is 4. The van der Waals surface area contributed by atoms with Gasteiger partial charge in [-0.2, -0.15) is 0 Å². The number of ether oxygens (including phenoxy) is 1. The van der Waals surface area contributed by atoms with Crippen molar-refractivity contribution in [3.8, 4) is 16.9 Å². The number of nitrogens with zero attached hydrogens (tertiary/aromatic N) is 2. The summed E-state index contributed by atoms with van der Waals surface area (Å²) in [6.07, 6.45) is 3.42. The third kappa shape index (κ3) is 5.44. The number of hydrogen-bond donors (Lipinski definition) is 1. The molecular weight excluding hydrogens is 416 g/mol. The molecule has 1 N–H and O–H groups in total. The molecule has 1 amide bonds. The molecule has 1 heterocycles. The zero-order valence-corrected chi connectivity index (χ0v) is 20.0. The molecule has 0 fully saturated rings. The summed E-state index contributed by atoms with van der Waals surface area (Å²) in [4.78, 5) is 31.1. The number of carboxylic acids is 1. The maximum Gasteiger partial charge on any atom is 0.344 e. The summed E-state index contributed by atoms with van der Waals surface area (Å²) in [5.74, 6) is 0.534. The number of carbonyl (C=O) groups excluding carboxylic acids is 1. The minimum atomic E-state index is -1.00. The summed E-state index contributed by atoms with van der Waals surface area (Å²) in [5.41, 5.74) is 2.37. The van der Waals surface area contributed by atoms with Crippen LogP contribution in [0.25, 0.3) is 11.1 Å². The molecule has 6 nitrogen and oxygen atoms in total. The Balaban J connectivity index is 1.77. The van der Waals surface area contributed by atoms with Crippen molar-refractivity contribution in [2.24, 2.45) is 4.99 Å². The van der Waals surface area contributed by atoms with Gasteiger partial charge in [-0.1, -0.05) is 63.6 Å². The average molecular weight is 451 g/mol. The summed E-state index contributed by atoms with van der Waals surface area (Å²) in [6.45, 7) is 8.25. The van der Waals surface area contributed by atoms with E-state index in [4.69, 9.17) is 14.8 Å². The summed E-state index contributed by atoms with van der Waals surface area (Å²) >= 11 is 0. The van der Waals surface area contributed by atoms with E-state index in [0.29, 0.717) is 25.1 Å². The van der Waals surface area contributed by atoms with E-state index in [1.807, 2.05) is 61.2 Å². The zero-order chi connectivity index (χ0) is 24.0. The van der Waals surface area contributed by atoms with Gasteiger partial charge in [0.1, 0.15) is 17.1 Å². The molecule has 0 aromatic heterocycles. The number of aliphatic imine (C=N–C) groups is 1. The topological polar surface area (TPSA) is 79.2 Å². The number of amides is 1. The first-order valence-corrected chi connectivity index (χ1v) is 11.8. The lowest BCUT2D eigenvalue weighted by Crippen LogP contribution is -2.41. The Labute approximate surface area is 196 Å². The molecule has 1 atom stereocenters. The molecule has 176 valence electrons. The van der Waals surface area contributed by atoms with E-state index in [2.05, 4.69) is 6.92 Å². The number of rotatable bonds is 11. The van der Waals surface area contributed by atoms with Gasteiger partial charge in [0, 0.05) is 6.42 Å². The molecule has 6 heteroatoms. The maximum atomic E-state index is 13.3. The fourth-order valence-corrected chi connectivity index (χ4v) is 4.11. The molecule has 1 unspecified atom stereocenters. The molecule has 1 aliphatic rings. The van der Waals surface area contributed by atoms with Crippen molar-refractivity contribution in [1.29, 1.82) is 0 Å². The van der Waals surface area contributed by atoms with Gasteiger partial charge in [0.2, 0.25) is 0 Å². The Bertz CT molecular complexity index is 1010. The SMILES string of the molecule is CCCCC1=NC(CC)(CC)C(=O)N1Cc1ccc(-c2cccc(OC(C)C(=O)O)c2)cc1. The molecule has 1 aliphatic heterocycles. The lowest BCUT2D eigenvalue weighted by Gasteiger charge is -2.24. The van der Waals surface area contributed by atoms with Crippen molar-refractivity contribution in [2.45, 2.75) is 78.0 Å². The molecule has 2 aromatic carbocycles. The van der Waals surface area contributed by atoms with Crippen LogP contribution in [0.4, 0.5) is 0 Å². The lowest BCUT2D eigenvalue weighted by molar-refractivity contribution is -0.144. The first kappa shape index (κ1) is 24.5. The van der Waals surface area contributed by atoms with Crippen LogP contribution in [0.15, 0.2) is 53.5 Å². The number of amidine groups is 1. The molecule has 0 aliphatic carbocycles. The van der Waals surface area contributed by atoms with Crippen LogP contribution < -0.4 is 4.74 Å². The van der Waals surface area contributed by atoms with Gasteiger partial charge in [0.15, 0.2) is 6.10 Å². The van der Waals surface area contributed by atoms with E-state index in [-0.39, 0.29) is 5.91 Å². The van der Waals surface area contributed by atoms with Crippen molar-refractivity contribution in [2.75, 3.05) is 0 Å². The van der Waals surface area contributed by atoms with Crippen molar-refractivity contribution in [3.05, 3.63) is 54.1 Å². The van der Waals surface area contributed by atoms with Gasteiger partial charge in [-0.3, -0.25) is 14.7 Å². The molecule has 3 rings (SSSR count). The Kier molecular flexibility index (Phi) is 7.90. The van der Waals surface area contributed by atoms with Crippen molar-refractivity contribution >= 4 is 17.7 Å². The predicted molar refractivity (Wildman–Crippen MR) is 130 cm³/mol. The third-order valence-corrected chi connectivity index (χ3v) is 6.34. The smallest absolute Gasteiger partial charge is 0.344 e. The molecule has 0 saturated heterocycles. The summed E-state index contributed by atoms with van der Waals surface area (Å²) in [6, 6.07) is 15.5. The molecule has 2 aromatic rings. The molecule has 0 saturated carbocycles. The number of aliphatic carboxylic acids is 1. The normalized spacial score (nSPS) is 15.9. The fraction of sp³-hybridized carbons (Fsp3) is 0.444. The minimum Gasteiger partial charge on any atom is -0.479 e. The largest absolute Gasteiger partial charge is 0.479 e. The third-order valence-electron chi connectivity index (χ3n) is 6.34. The fourth-order valence-electron chi connectivity index (χ4n) is 4.11. The first-order chi connectivity index (χ1) is 15.8. The van der Waals surface area contributed by atoms with Crippen LogP contribution in [0.2, 0.25) is 0 Å². The Morgan fingerprint density at radius 2 is 1.79 bits per heavy atom. The lowest BCUT2D eigenvalue weighted by atomic mass is 9.93. The van der Waals surface area contributed by atoms with Crippen LogP contribution in [-0.2, 0) is 16.1 Å². The van der Waals surface area contributed by atoms with Crippen LogP contribution in [0.3, 0.4) is 0 Å². The van der Waals surface area contributed by atoms with Gasteiger partial charge in [-0.15, -0.1) is 0 Å². The highest BCUT2D eigenvalue weighted by atomic mass is 16.5. The predicted octanol–water partition coefficient (Wildman–Crippen LogP) is 5.70. The van der Waals surface area contributed by atoms with Crippen LogP contribution in [-0.4, -0.2) is 39.4 Å². The molecule has 33 heavy (non-hydrogen) atoms. The number of carbonyl (C=O) groups is 2. The van der Waals surface area contributed by atoms with Crippen LogP contribution in [0.5, 0.6) is 5.75 Å². The van der Waals surface area contributed by atoms with Gasteiger partial charge in [0.25, 0.3) is 5.91 Å². The van der Waals surface area contributed by atoms with E-state index in [1.54, 1.807) is 6.07 Å². The second kappa shape index (κ2) is 10.6. The monoisotopic (exact) mass is 450 g/mol. The van der Waals surface area contributed by atoms with Gasteiger partial charge < -0.3 is 9.84 Å². The number of carboxylic acid groups (broad SMARTS) is 1. The molecular formula is C27H34N2O4. The highest BCUT2D eigenvalue weighted by Crippen LogP contribution is 2.32. The Morgan fingerprint density at radius 3 is 2.39 bits per heavy atom. The van der Waals surface area contributed by atoms with Crippen LogP contribution in [0, 0.1) is 0 Å². The summed E-state index contributed by atoms with van der Waals surface area (Å²) < 4.78 is 5.49. The van der Waals surface area contributed by atoms with E-state index < -0.39 is 17.6 Å². The molecule has 0 bridgehead atoms. The van der Waals surface area contributed by atoms with E-state index in [0.717, 1.165) is 41.8 Å². The van der Waals surface area contributed by atoms with Crippen molar-refractivity contribution < 1.29 is 19.4 Å². The van der Waals surface area contributed by atoms with Crippen LogP contribution >= 0.6 is 0 Å². The highest BCUT2D eigenvalue weighted by Gasteiger charge is 2.45. The van der Waals surface area contributed by atoms with E-state index in [9.17, 15) is 9.59 Å². The van der Waals surface area contributed by atoms with Crippen LogP contribution in [0.1, 0.15) is 65.4 Å². The number of unbranched alkanes of at least 4 members (excludes halogenated alkanes) is 1. The maximum absolute atomic E-state index is 13.3. The Morgan fingerprint density at radius 1 is 1.09 bits per heavy atom. The van der Waals surface area contributed by atoms with Crippen molar-refractivity contribution in [1.82, 2.24) is 4.90 Å². The van der Waals surface area contributed by atoms with Crippen molar-refractivity contribution in [3.63, 3.8) is 0 Å². The second-order valence-corrected chi connectivity index (χ2v) is 8.58. The molecule has 0 spiro atoms. The van der Waals surface area contributed by atoms with Gasteiger partial charge >= 0.3 is 5.97 Å². The minimum absolute atomic E-state index is 0.111. The molecule has 0 radical (unpaired) electrons. The van der Waals surface area contributed by atoms with Gasteiger partial charge in [-0.05, 0) is 55.0 Å². The highest BCUT2D eigenvalue weighted by molar-refractivity contribution is 6.08.